The van der Waals surface area contributed by atoms with E-state index in [1.165, 1.54) is 0 Å². The summed E-state index contributed by atoms with van der Waals surface area (Å²) in [5.41, 5.74) is 5.37. The third kappa shape index (κ3) is 3.77. The summed E-state index contributed by atoms with van der Waals surface area (Å²) in [4.78, 5) is 22.2. The summed E-state index contributed by atoms with van der Waals surface area (Å²) in [6.45, 7) is 0. The van der Waals surface area contributed by atoms with Gasteiger partial charge in [0.1, 0.15) is 6.42 Å². The van der Waals surface area contributed by atoms with E-state index in [9.17, 15) is 9.59 Å². The molecule has 0 heterocycles. The highest BCUT2D eigenvalue weighted by molar-refractivity contribution is 9.11. The van der Waals surface area contributed by atoms with Crippen LogP contribution in [0.3, 0.4) is 0 Å². The van der Waals surface area contributed by atoms with Crippen molar-refractivity contribution in [3.05, 3.63) is 25.6 Å². The molecule has 0 spiro atoms. The van der Waals surface area contributed by atoms with Gasteiger partial charge in [-0.05, 0) is 44.0 Å². The topological polar surface area (TPSA) is 89.4 Å². The molecule has 2 amide bonds. The van der Waals surface area contributed by atoms with Gasteiger partial charge < -0.3 is 5.73 Å². The monoisotopic (exact) mass is 427 g/mol. The first-order valence-electron chi connectivity index (χ1n) is 4.33. The molecule has 0 aliphatic carbocycles. The zero-order valence-corrected chi connectivity index (χ0v) is 13.2. The standard InChI is InChI=1S/C9H8Br3N3O2/c10-4-1-5(11)9(6(12)2-4)15(14)8(17)3-7(13)16/h1-2H,3,14H2,(H2,13,16). The summed E-state index contributed by atoms with van der Waals surface area (Å²) in [5.74, 6) is 4.33. The van der Waals surface area contributed by atoms with Crippen LogP contribution in [0.4, 0.5) is 5.69 Å². The minimum Gasteiger partial charge on any atom is -0.369 e. The molecule has 0 saturated carbocycles. The van der Waals surface area contributed by atoms with Crippen LogP contribution in [0.25, 0.3) is 0 Å². The Hall–Kier alpha value is -0.440. The summed E-state index contributed by atoms with van der Waals surface area (Å²) >= 11 is 9.86. The number of nitrogens with two attached hydrogens (primary N) is 2. The van der Waals surface area contributed by atoms with Gasteiger partial charge in [-0.2, -0.15) is 0 Å². The lowest BCUT2D eigenvalue weighted by molar-refractivity contribution is -0.126. The molecule has 1 aromatic carbocycles. The first-order chi connectivity index (χ1) is 7.82. The molecule has 0 saturated heterocycles. The van der Waals surface area contributed by atoms with Crippen LogP contribution >= 0.6 is 47.8 Å². The van der Waals surface area contributed by atoms with Crippen molar-refractivity contribution in [3.63, 3.8) is 0 Å². The fourth-order valence-corrected chi connectivity index (χ4v) is 3.76. The zero-order chi connectivity index (χ0) is 13.2. The molecule has 4 N–H and O–H groups in total. The first kappa shape index (κ1) is 14.6. The Morgan fingerprint density at radius 2 is 1.65 bits per heavy atom. The SMILES string of the molecule is NC(=O)CC(=O)N(N)c1c(Br)cc(Br)cc1Br. The Morgan fingerprint density at radius 1 is 1.18 bits per heavy atom. The second-order valence-corrected chi connectivity index (χ2v) is 5.75. The molecule has 0 aliphatic heterocycles. The second kappa shape index (κ2) is 5.94. The van der Waals surface area contributed by atoms with Crippen molar-refractivity contribution < 1.29 is 9.59 Å². The molecule has 1 aromatic rings. The van der Waals surface area contributed by atoms with E-state index in [1.54, 1.807) is 12.1 Å². The minimum atomic E-state index is -0.727. The van der Waals surface area contributed by atoms with Gasteiger partial charge in [0, 0.05) is 13.4 Å². The molecule has 8 heteroatoms. The van der Waals surface area contributed by atoms with Crippen molar-refractivity contribution in [1.29, 1.82) is 0 Å². The molecular formula is C9H8Br3N3O2. The molecule has 0 aromatic heterocycles. The van der Waals surface area contributed by atoms with Crippen LogP contribution in [0, 0.1) is 0 Å². The van der Waals surface area contributed by atoms with E-state index in [4.69, 9.17) is 11.6 Å². The number of benzene rings is 1. The lowest BCUT2D eigenvalue weighted by Gasteiger charge is -2.19. The molecule has 92 valence electrons. The number of anilines is 1. The number of carbonyl (C=O) groups is 2. The summed E-state index contributed by atoms with van der Waals surface area (Å²) in [7, 11) is 0. The Bertz CT molecular complexity index is 456. The van der Waals surface area contributed by atoms with E-state index in [1.807, 2.05) is 0 Å². The highest BCUT2D eigenvalue weighted by Crippen LogP contribution is 2.36. The van der Waals surface area contributed by atoms with Gasteiger partial charge in [-0.3, -0.25) is 9.59 Å². The van der Waals surface area contributed by atoms with Crippen LogP contribution in [0.2, 0.25) is 0 Å². The third-order valence-corrected chi connectivity index (χ3v) is 3.48. The highest BCUT2D eigenvalue weighted by Gasteiger charge is 2.19. The van der Waals surface area contributed by atoms with Gasteiger partial charge in [-0.1, -0.05) is 15.9 Å². The largest absolute Gasteiger partial charge is 0.369 e. The maximum atomic E-state index is 11.6. The van der Waals surface area contributed by atoms with E-state index in [0.29, 0.717) is 14.6 Å². The number of nitrogens with zero attached hydrogens (tertiary/aromatic N) is 1. The summed E-state index contributed by atoms with van der Waals surface area (Å²) < 4.78 is 2.04. The summed E-state index contributed by atoms with van der Waals surface area (Å²) in [6, 6.07) is 3.47. The molecule has 0 bridgehead atoms. The number of hydrogen-bond acceptors (Lipinski definition) is 3. The third-order valence-electron chi connectivity index (χ3n) is 1.82. The van der Waals surface area contributed by atoms with Gasteiger partial charge in [-0.15, -0.1) is 0 Å². The molecule has 0 atom stereocenters. The number of hydrazine groups is 1. The number of rotatable bonds is 3. The van der Waals surface area contributed by atoms with Gasteiger partial charge in [0.05, 0.1) is 5.69 Å². The van der Waals surface area contributed by atoms with E-state index in [2.05, 4.69) is 47.8 Å². The van der Waals surface area contributed by atoms with Crippen molar-refractivity contribution in [1.82, 2.24) is 0 Å². The fraction of sp³-hybridized carbons (Fsp3) is 0.111. The Morgan fingerprint density at radius 3 is 2.06 bits per heavy atom. The molecule has 5 nitrogen and oxygen atoms in total. The lowest BCUT2D eigenvalue weighted by Crippen LogP contribution is -2.40. The second-order valence-electron chi connectivity index (χ2n) is 3.12. The predicted octanol–water partition coefficient (Wildman–Crippen LogP) is 2.06. The Balaban J connectivity index is 3.08. The highest BCUT2D eigenvalue weighted by atomic mass is 79.9. The van der Waals surface area contributed by atoms with Crippen LogP contribution < -0.4 is 16.6 Å². The van der Waals surface area contributed by atoms with Crippen molar-refractivity contribution in [2.75, 3.05) is 5.01 Å². The van der Waals surface area contributed by atoms with E-state index < -0.39 is 18.2 Å². The lowest BCUT2D eigenvalue weighted by atomic mass is 10.3. The number of primary amides is 1. The average Bonchev–Trinajstić information content (AvgIpc) is 2.14. The van der Waals surface area contributed by atoms with Crippen LogP contribution in [0.15, 0.2) is 25.6 Å². The smallest absolute Gasteiger partial charge is 0.250 e. The predicted molar refractivity (Wildman–Crippen MR) is 75.0 cm³/mol. The van der Waals surface area contributed by atoms with E-state index in [0.717, 1.165) is 9.48 Å². The molecular weight excluding hydrogens is 422 g/mol. The number of hydrogen-bond donors (Lipinski definition) is 2. The van der Waals surface area contributed by atoms with Gasteiger partial charge in [0.2, 0.25) is 5.91 Å². The number of halogens is 3. The van der Waals surface area contributed by atoms with Gasteiger partial charge in [0.25, 0.3) is 5.91 Å². The zero-order valence-electron chi connectivity index (χ0n) is 8.41. The summed E-state index contributed by atoms with van der Waals surface area (Å²) in [5, 5.41) is 0.880. The Labute approximate surface area is 123 Å². The van der Waals surface area contributed by atoms with E-state index >= 15 is 0 Å². The van der Waals surface area contributed by atoms with Crippen molar-refractivity contribution in [3.8, 4) is 0 Å². The van der Waals surface area contributed by atoms with Crippen LogP contribution in [0.5, 0.6) is 0 Å². The molecule has 0 radical (unpaired) electrons. The van der Waals surface area contributed by atoms with Crippen molar-refractivity contribution in [2.45, 2.75) is 6.42 Å². The molecule has 0 unspecified atom stereocenters. The van der Waals surface area contributed by atoms with Crippen LogP contribution in [-0.4, -0.2) is 11.8 Å². The maximum absolute atomic E-state index is 11.6. The normalized spacial score (nSPS) is 10.1. The molecule has 0 fully saturated rings. The minimum absolute atomic E-state index is 0.430. The summed E-state index contributed by atoms with van der Waals surface area (Å²) in [6.07, 6.45) is -0.439. The quantitative estimate of drug-likeness (QED) is 0.333. The molecule has 1 rings (SSSR count). The molecule has 0 aliphatic rings. The fourth-order valence-electron chi connectivity index (χ4n) is 1.12. The van der Waals surface area contributed by atoms with Crippen molar-refractivity contribution >= 4 is 65.3 Å². The van der Waals surface area contributed by atoms with Crippen LogP contribution in [0.1, 0.15) is 6.42 Å². The Kier molecular flexibility index (Phi) is 5.11. The van der Waals surface area contributed by atoms with Gasteiger partial charge >= 0.3 is 0 Å². The average molecular weight is 430 g/mol. The van der Waals surface area contributed by atoms with Crippen molar-refractivity contribution in [2.24, 2.45) is 11.6 Å². The van der Waals surface area contributed by atoms with Gasteiger partial charge in [-0.25, -0.2) is 10.9 Å². The number of carbonyl (C=O) groups excluding carboxylic acids is 2. The molecule has 17 heavy (non-hydrogen) atoms. The first-order valence-corrected chi connectivity index (χ1v) is 6.71. The van der Waals surface area contributed by atoms with Crippen LogP contribution in [-0.2, 0) is 9.59 Å². The van der Waals surface area contributed by atoms with E-state index in [-0.39, 0.29) is 0 Å². The van der Waals surface area contributed by atoms with Gasteiger partial charge in [0.15, 0.2) is 0 Å². The maximum Gasteiger partial charge on any atom is 0.250 e. The number of amides is 2.